The molecule has 6 N–H and O–H groups in total. The number of amides is 1. The van der Waals surface area contributed by atoms with Crippen molar-refractivity contribution >= 4 is 53.5 Å². The quantitative estimate of drug-likeness (QED) is 0.0616. The maximum Gasteiger partial charge on any atom is 0.207 e. The Kier molecular flexibility index (Phi) is 13.0. The molecule has 0 radical (unpaired) electrons. The second-order valence-corrected chi connectivity index (χ2v) is 10.3. The van der Waals surface area contributed by atoms with E-state index >= 15 is 0 Å². The maximum absolute atomic E-state index is 10.6. The summed E-state index contributed by atoms with van der Waals surface area (Å²) in [6.45, 7) is 5.25. The highest BCUT2D eigenvalue weighted by atomic mass is 35.5. The van der Waals surface area contributed by atoms with Crippen molar-refractivity contribution in [1.29, 1.82) is 0 Å². The number of halogens is 2. The Morgan fingerprint density at radius 2 is 2.02 bits per heavy atom. The van der Waals surface area contributed by atoms with Crippen molar-refractivity contribution in [2.45, 2.75) is 38.7 Å². The molecule has 1 amide bonds. The molecule has 1 aliphatic rings. The molecule has 40 heavy (non-hydrogen) atoms. The zero-order valence-corrected chi connectivity index (χ0v) is 24.2. The number of piperidine rings is 1. The number of benzene rings is 1. The Labute approximate surface area is 245 Å². The van der Waals surface area contributed by atoms with Crippen molar-refractivity contribution < 1.29 is 9.53 Å². The number of allylic oxidation sites excluding steroid dienone is 2. The lowest BCUT2D eigenvalue weighted by atomic mass is 9.95. The van der Waals surface area contributed by atoms with Crippen LogP contribution in [0, 0.1) is 5.92 Å². The number of pyridine rings is 1. The lowest BCUT2D eigenvalue weighted by Crippen LogP contribution is -2.27. The van der Waals surface area contributed by atoms with Crippen LogP contribution < -0.4 is 26.8 Å². The van der Waals surface area contributed by atoms with Gasteiger partial charge in [-0.05, 0) is 69.8 Å². The van der Waals surface area contributed by atoms with Crippen molar-refractivity contribution in [3.8, 4) is 5.75 Å². The molecule has 1 saturated heterocycles. The normalized spacial score (nSPS) is 16.0. The minimum absolute atomic E-state index is 0.417. The van der Waals surface area contributed by atoms with Crippen LogP contribution in [0.2, 0.25) is 10.0 Å². The second kappa shape index (κ2) is 16.6. The number of nitrogens with two attached hydrogens (primary N) is 2. The third kappa shape index (κ3) is 9.66. The summed E-state index contributed by atoms with van der Waals surface area (Å²) in [4.78, 5) is 23.4. The Morgan fingerprint density at radius 3 is 2.75 bits per heavy atom. The van der Waals surface area contributed by atoms with E-state index in [4.69, 9.17) is 39.4 Å². The molecule has 0 saturated carbocycles. The molecule has 9 nitrogen and oxygen atoms in total. The number of carbonyl (C=O) groups excluding carboxylic acids is 1. The van der Waals surface area contributed by atoms with Crippen LogP contribution in [0.4, 0.5) is 5.69 Å². The second-order valence-electron chi connectivity index (χ2n) is 9.44. The number of aliphatic imine (C=N–C) groups is 2. The first-order valence-electron chi connectivity index (χ1n) is 13.3. The van der Waals surface area contributed by atoms with E-state index in [2.05, 4.69) is 25.6 Å². The van der Waals surface area contributed by atoms with E-state index in [0.717, 1.165) is 26.1 Å². The summed E-state index contributed by atoms with van der Waals surface area (Å²) >= 11 is 12.6. The van der Waals surface area contributed by atoms with Gasteiger partial charge >= 0.3 is 0 Å². The van der Waals surface area contributed by atoms with Gasteiger partial charge in [-0.1, -0.05) is 35.4 Å². The molecule has 1 aliphatic heterocycles. The number of hydrogen-bond donors (Lipinski definition) is 4. The number of aromatic nitrogens is 1. The van der Waals surface area contributed by atoms with Gasteiger partial charge in [0.1, 0.15) is 18.2 Å². The zero-order valence-electron chi connectivity index (χ0n) is 22.7. The molecule has 1 fully saturated rings. The van der Waals surface area contributed by atoms with Gasteiger partial charge in [-0.25, -0.2) is 4.99 Å². The van der Waals surface area contributed by atoms with Gasteiger partial charge in [-0.3, -0.25) is 14.8 Å². The van der Waals surface area contributed by atoms with E-state index in [0.29, 0.717) is 69.2 Å². The van der Waals surface area contributed by atoms with Crippen LogP contribution in [0.25, 0.3) is 5.70 Å². The number of nitrogen functional groups attached to an aromatic ring is 1. The molecule has 0 spiro atoms. The number of hydrogen-bond acceptors (Lipinski definition) is 7. The van der Waals surface area contributed by atoms with Crippen molar-refractivity contribution in [2.75, 3.05) is 31.9 Å². The number of carbonyl (C=O) groups is 1. The molecule has 1 atom stereocenters. The molecule has 2 aromatic rings. The van der Waals surface area contributed by atoms with Gasteiger partial charge in [-0.2, -0.15) is 0 Å². The predicted molar refractivity (Wildman–Crippen MR) is 165 cm³/mol. The molecule has 1 aromatic carbocycles. The Balaban J connectivity index is 1.79. The van der Waals surface area contributed by atoms with Gasteiger partial charge in [0.15, 0.2) is 0 Å². The van der Waals surface area contributed by atoms with E-state index in [1.54, 1.807) is 30.8 Å². The summed E-state index contributed by atoms with van der Waals surface area (Å²) in [5, 5.41) is 6.85. The van der Waals surface area contributed by atoms with E-state index in [-0.39, 0.29) is 0 Å². The first-order valence-corrected chi connectivity index (χ1v) is 14.1. The lowest BCUT2D eigenvalue weighted by molar-refractivity contribution is -0.109. The largest absolute Gasteiger partial charge is 0.486 e. The first-order chi connectivity index (χ1) is 19.4. The highest BCUT2D eigenvalue weighted by Gasteiger charge is 2.17. The van der Waals surface area contributed by atoms with Crippen LogP contribution in [0.15, 0.2) is 58.3 Å². The summed E-state index contributed by atoms with van der Waals surface area (Å²) in [5.74, 6) is 1.25. The van der Waals surface area contributed by atoms with Gasteiger partial charge in [0.2, 0.25) is 6.41 Å². The van der Waals surface area contributed by atoms with Crippen molar-refractivity contribution in [3.05, 3.63) is 69.5 Å². The molecule has 1 aromatic heterocycles. The van der Waals surface area contributed by atoms with Crippen LogP contribution >= 0.6 is 23.2 Å². The molecule has 11 heteroatoms. The third-order valence-electron chi connectivity index (χ3n) is 6.56. The fourth-order valence-corrected chi connectivity index (χ4v) is 5.03. The topological polar surface area (TPSA) is 140 Å². The summed E-state index contributed by atoms with van der Waals surface area (Å²) in [7, 11) is 0. The minimum atomic E-state index is -0.447. The van der Waals surface area contributed by atoms with Crippen molar-refractivity contribution in [3.63, 3.8) is 0 Å². The van der Waals surface area contributed by atoms with E-state index in [1.807, 2.05) is 19.1 Å². The van der Waals surface area contributed by atoms with Crippen LogP contribution in [-0.2, 0) is 4.79 Å². The molecular formula is C29H37Cl2N7O2. The molecule has 3 rings (SSSR count). The van der Waals surface area contributed by atoms with E-state index in [9.17, 15) is 4.79 Å². The molecule has 0 bridgehead atoms. The Morgan fingerprint density at radius 1 is 1.27 bits per heavy atom. The van der Waals surface area contributed by atoms with Crippen molar-refractivity contribution in [2.24, 2.45) is 21.6 Å². The molecule has 0 unspecified atom stereocenters. The fraction of sp³-hybridized carbons (Fsp3) is 0.379. The van der Waals surface area contributed by atoms with Gasteiger partial charge in [-0.15, -0.1) is 0 Å². The number of ether oxygens (including phenoxy) is 1. The molecule has 0 aliphatic carbocycles. The van der Waals surface area contributed by atoms with E-state index < -0.39 is 6.10 Å². The lowest BCUT2D eigenvalue weighted by Gasteiger charge is -2.21. The zero-order chi connectivity index (χ0) is 28.7. The van der Waals surface area contributed by atoms with Crippen LogP contribution in [0.3, 0.4) is 0 Å². The number of anilines is 1. The maximum atomic E-state index is 10.6. The number of nitrogens with zero attached hydrogens (tertiary/aromatic N) is 3. The van der Waals surface area contributed by atoms with Crippen LogP contribution in [0.1, 0.15) is 49.8 Å². The van der Waals surface area contributed by atoms with Crippen LogP contribution in [-0.4, -0.2) is 50.1 Å². The van der Waals surface area contributed by atoms with E-state index in [1.165, 1.54) is 25.2 Å². The SMILES string of the molecule is C[C@@H](Oc1ccc(N)c(/C(N)=C(C=NC=NCCC2CCNCC2)/C=C\CCNC=O)c1)c1c(Cl)cncc1Cl. The molecular weight excluding hydrogens is 549 g/mol. The monoisotopic (exact) mass is 585 g/mol. The fourth-order valence-electron chi connectivity index (χ4n) is 4.35. The van der Waals surface area contributed by atoms with Gasteiger partial charge in [0, 0.05) is 59.8 Å². The van der Waals surface area contributed by atoms with Crippen LogP contribution in [0.5, 0.6) is 5.75 Å². The minimum Gasteiger partial charge on any atom is -0.486 e. The summed E-state index contributed by atoms with van der Waals surface area (Å²) in [6, 6.07) is 5.26. The van der Waals surface area contributed by atoms with Gasteiger partial charge in [0.25, 0.3) is 0 Å². The molecule has 214 valence electrons. The number of rotatable bonds is 14. The summed E-state index contributed by atoms with van der Waals surface area (Å²) < 4.78 is 6.14. The standard InChI is InChI=1S/C29H37Cl2N7O2/c1-20(28-25(30)16-37-17-26(28)31)40-23-5-6-27(32)24(14-23)29(33)22(4-2-3-10-36-19-39)15-38-18-35-13-9-21-7-11-34-12-8-21/h2,4-6,14-21,34H,3,7-13,32-33H2,1H3,(H,36,39)/b4-2-,29-22+,35-18?,38-15?/t20-/m1/s1. The first kappa shape index (κ1) is 31.1. The third-order valence-corrected chi connectivity index (χ3v) is 7.16. The Hall–Kier alpha value is -3.40. The average molecular weight is 587 g/mol. The molecule has 2 heterocycles. The predicted octanol–water partition coefficient (Wildman–Crippen LogP) is 4.96. The highest BCUT2D eigenvalue weighted by molar-refractivity contribution is 6.35. The van der Waals surface area contributed by atoms with Gasteiger partial charge < -0.3 is 26.8 Å². The summed E-state index contributed by atoms with van der Waals surface area (Å²) in [6.07, 6.45) is 14.3. The van der Waals surface area contributed by atoms with Crippen molar-refractivity contribution in [1.82, 2.24) is 15.6 Å². The summed E-state index contributed by atoms with van der Waals surface area (Å²) in [5.41, 5.74) is 15.7. The van der Waals surface area contributed by atoms with Gasteiger partial charge in [0.05, 0.1) is 10.0 Å². The number of nitrogens with one attached hydrogen (secondary N) is 2. The average Bonchev–Trinajstić information content (AvgIpc) is 2.94. The Bertz CT molecular complexity index is 1220. The highest BCUT2D eigenvalue weighted by Crippen LogP contribution is 2.34. The smallest absolute Gasteiger partial charge is 0.207 e.